The molecule has 1 aromatic heterocycles. The first-order valence-corrected chi connectivity index (χ1v) is 7.60. The molecule has 5 heteroatoms. The molecule has 110 valence electrons. The van der Waals surface area contributed by atoms with E-state index in [0.717, 1.165) is 56.1 Å². The van der Waals surface area contributed by atoms with E-state index in [0.29, 0.717) is 6.04 Å². The van der Waals surface area contributed by atoms with Crippen molar-refractivity contribution in [2.45, 2.75) is 13.0 Å². The van der Waals surface area contributed by atoms with Crippen molar-refractivity contribution in [3.05, 3.63) is 30.2 Å². The second-order valence-corrected chi connectivity index (χ2v) is 5.85. The molecular weight excluding hydrogens is 264 g/mol. The topological polar surface area (TPSA) is 41.5 Å². The van der Waals surface area contributed by atoms with Crippen molar-refractivity contribution in [3.63, 3.8) is 0 Å². The number of hydrogen-bond donors (Lipinski definition) is 0. The van der Waals surface area contributed by atoms with Crippen molar-refractivity contribution in [2.24, 2.45) is 0 Å². The molecule has 0 spiro atoms. The summed E-state index contributed by atoms with van der Waals surface area (Å²) in [5.41, 5.74) is 2.31. The Kier molecular flexibility index (Phi) is 3.24. The number of piperazine rings is 1. The molecule has 0 aliphatic carbocycles. The van der Waals surface area contributed by atoms with Crippen LogP contribution in [0.5, 0.6) is 0 Å². The predicted octanol–water partition coefficient (Wildman–Crippen LogP) is 1.46. The summed E-state index contributed by atoms with van der Waals surface area (Å²) in [5, 5.41) is 1.12. The molecule has 3 heterocycles. The maximum Gasteiger partial charge on any atom is 0.125 e. The fourth-order valence-corrected chi connectivity index (χ4v) is 3.15. The van der Waals surface area contributed by atoms with Gasteiger partial charge in [-0.05, 0) is 13.0 Å². The van der Waals surface area contributed by atoms with E-state index < -0.39 is 0 Å². The van der Waals surface area contributed by atoms with Crippen molar-refractivity contribution in [1.29, 1.82) is 0 Å². The summed E-state index contributed by atoms with van der Waals surface area (Å²) in [6.07, 6.45) is 1.92. The van der Waals surface area contributed by atoms with Crippen LogP contribution >= 0.6 is 0 Å². The molecule has 4 rings (SSSR count). The van der Waals surface area contributed by atoms with Gasteiger partial charge in [0.05, 0.1) is 30.5 Å². The van der Waals surface area contributed by atoms with Gasteiger partial charge in [-0.3, -0.25) is 4.90 Å². The molecule has 0 atom stereocenters. The minimum atomic E-state index is 0.643. The second-order valence-electron chi connectivity index (χ2n) is 5.85. The van der Waals surface area contributed by atoms with Crippen LogP contribution in [0.2, 0.25) is 0 Å². The number of rotatable bonds is 2. The Labute approximate surface area is 124 Å². The van der Waals surface area contributed by atoms with Gasteiger partial charge in [0.1, 0.15) is 5.82 Å². The highest BCUT2D eigenvalue weighted by Crippen LogP contribution is 2.26. The average molecular weight is 284 g/mol. The first-order valence-electron chi connectivity index (χ1n) is 7.60. The fourth-order valence-electron chi connectivity index (χ4n) is 3.15. The number of ether oxygens (including phenoxy) is 1. The average Bonchev–Trinajstić information content (AvgIpc) is 2.46. The standard InChI is InChI=1S/C16H20N4O/c1-12-17-9-13-3-2-4-15(16(13)18-12)20-7-5-19(6-8-20)14-10-21-11-14/h2-4,9,14H,5-8,10-11H2,1H3. The Morgan fingerprint density at radius 2 is 1.95 bits per heavy atom. The van der Waals surface area contributed by atoms with Crippen molar-refractivity contribution in [1.82, 2.24) is 14.9 Å². The molecule has 0 N–H and O–H groups in total. The van der Waals surface area contributed by atoms with Gasteiger partial charge in [-0.15, -0.1) is 0 Å². The van der Waals surface area contributed by atoms with Crippen LogP contribution < -0.4 is 4.90 Å². The zero-order valence-electron chi connectivity index (χ0n) is 12.3. The van der Waals surface area contributed by atoms with Gasteiger partial charge < -0.3 is 9.64 Å². The van der Waals surface area contributed by atoms with Crippen molar-refractivity contribution < 1.29 is 4.74 Å². The van der Waals surface area contributed by atoms with E-state index in [-0.39, 0.29) is 0 Å². The van der Waals surface area contributed by atoms with Crippen molar-refractivity contribution in [3.8, 4) is 0 Å². The van der Waals surface area contributed by atoms with E-state index in [2.05, 4.69) is 38.0 Å². The van der Waals surface area contributed by atoms with Crippen LogP contribution in [0, 0.1) is 6.92 Å². The first kappa shape index (κ1) is 13.0. The number of hydrogen-bond acceptors (Lipinski definition) is 5. The van der Waals surface area contributed by atoms with Crippen LogP contribution in [-0.4, -0.2) is 60.3 Å². The van der Waals surface area contributed by atoms with E-state index in [1.165, 1.54) is 5.69 Å². The Hall–Kier alpha value is -1.72. The van der Waals surface area contributed by atoms with Gasteiger partial charge in [0.2, 0.25) is 0 Å². The molecular formula is C16H20N4O. The molecule has 0 unspecified atom stereocenters. The van der Waals surface area contributed by atoms with Gasteiger partial charge in [0, 0.05) is 37.8 Å². The SMILES string of the molecule is Cc1ncc2cccc(N3CCN(C4COC4)CC3)c2n1. The molecule has 0 radical (unpaired) electrons. The summed E-state index contributed by atoms with van der Waals surface area (Å²) < 4.78 is 5.30. The zero-order chi connectivity index (χ0) is 14.2. The van der Waals surface area contributed by atoms with Crippen molar-refractivity contribution >= 4 is 16.6 Å². The quantitative estimate of drug-likeness (QED) is 0.835. The van der Waals surface area contributed by atoms with Crippen LogP contribution in [-0.2, 0) is 4.74 Å². The molecule has 21 heavy (non-hydrogen) atoms. The number of fused-ring (bicyclic) bond motifs is 1. The molecule has 2 aliphatic rings. The first-order chi connectivity index (χ1) is 10.3. The number of nitrogens with zero attached hydrogens (tertiary/aromatic N) is 4. The highest BCUT2D eigenvalue weighted by atomic mass is 16.5. The van der Waals surface area contributed by atoms with E-state index >= 15 is 0 Å². The Balaban J connectivity index is 1.58. The molecule has 1 aromatic carbocycles. The molecule has 2 saturated heterocycles. The molecule has 2 aromatic rings. The van der Waals surface area contributed by atoms with Crippen LogP contribution in [0.25, 0.3) is 10.9 Å². The van der Waals surface area contributed by atoms with Gasteiger partial charge in [0.25, 0.3) is 0 Å². The Bertz CT molecular complexity index is 648. The third kappa shape index (κ3) is 2.36. The summed E-state index contributed by atoms with van der Waals surface area (Å²) in [4.78, 5) is 13.9. The van der Waals surface area contributed by atoms with Gasteiger partial charge >= 0.3 is 0 Å². The molecule has 0 saturated carbocycles. The third-order valence-corrected chi connectivity index (χ3v) is 4.50. The lowest BCUT2D eigenvalue weighted by atomic mass is 10.1. The monoisotopic (exact) mass is 284 g/mol. The van der Waals surface area contributed by atoms with E-state index in [1.54, 1.807) is 0 Å². The molecule has 0 amide bonds. The van der Waals surface area contributed by atoms with E-state index in [9.17, 15) is 0 Å². The number of anilines is 1. The highest BCUT2D eigenvalue weighted by Gasteiger charge is 2.29. The van der Waals surface area contributed by atoms with Gasteiger partial charge in [-0.2, -0.15) is 0 Å². The van der Waals surface area contributed by atoms with E-state index in [1.807, 2.05) is 13.1 Å². The number of aryl methyl sites for hydroxylation is 1. The summed E-state index contributed by atoms with van der Waals surface area (Å²) in [7, 11) is 0. The maximum atomic E-state index is 5.30. The van der Waals surface area contributed by atoms with Gasteiger partial charge in [-0.1, -0.05) is 12.1 Å². The number of aromatic nitrogens is 2. The normalized spacial score (nSPS) is 20.7. The van der Waals surface area contributed by atoms with Crippen LogP contribution in [0.3, 0.4) is 0 Å². The minimum Gasteiger partial charge on any atom is -0.378 e. The van der Waals surface area contributed by atoms with Gasteiger partial charge in [-0.25, -0.2) is 9.97 Å². The van der Waals surface area contributed by atoms with Gasteiger partial charge in [0.15, 0.2) is 0 Å². The van der Waals surface area contributed by atoms with E-state index in [4.69, 9.17) is 4.74 Å². The van der Waals surface area contributed by atoms with Crippen LogP contribution in [0.4, 0.5) is 5.69 Å². The summed E-state index contributed by atoms with van der Waals surface area (Å²) in [6, 6.07) is 7.00. The minimum absolute atomic E-state index is 0.643. The second kappa shape index (κ2) is 5.24. The fraction of sp³-hybridized carbons (Fsp3) is 0.500. The Morgan fingerprint density at radius 3 is 2.67 bits per heavy atom. The number of para-hydroxylation sites is 1. The summed E-state index contributed by atoms with van der Waals surface area (Å²) in [5.74, 6) is 0.834. The smallest absolute Gasteiger partial charge is 0.125 e. The molecule has 0 bridgehead atoms. The molecule has 2 fully saturated rings. The highest BCUT2D eigenvalue weighted by molar-refractivity contribution is 5.90. The maximum absolute atomic E-state index is 5.30. The molecule has 2 aliphatic heterocycles. The summed E-state index contributed by atoms with van der Waals surface area (Å²) in [6.45, 7) is 8.08. The third-order valence-electron chi connectivity index (χ3n) is 4.50. The Morgan fingerprint density at radius 1 is 1.14 bits per heavy atom. The molecule has 5 nitrogen and oxygen atoms in total. The lowest BCUT2D eigenvalue weighted by Crippen LogP contribution is -2.56. The lowest BCUT2D eigenvalue weighted by Gasteiger charge is -2.43. The number of benzene rings is 1. The predicted molar refractivity (Wildman–Crippen MR) is 82.7 cm³/mol. The van der Waals surface area contributed by atoms with Crippen LogP contribution in [0.15, 0.2) is 24.4 Å². The zero-order valence-corrected chi connectivity index (χ0v) is 12.3. The van der Waals surface area contributed by atoms with Crippen molar-refractivity contribution in [2.75, 3.05) is 44.3 Å². The lowest BCUT2D eigenvalue weighted by molar-refractivity contribution is -0.0660. The summed E-state index contributed by atoms with van der Waals surface area (Å²) >= 11 is 0. The van der Waals surface area contributed by atoms with Crippen LogP contribution in [0.1, 0.15) is 5.82 Å². The largest absolute Gasteiger partial charge is 0.378 e.